The van der Waals surface area contributed by atoms with E-state index in [9.17, 15) is 13.2 Å². The molecule has 3 nitrogen and oxygen atoms in total. The van der Waals surface area contributed by atoms with E-state index in [0.717, 1.165) is 45.3 Å². The Hall–Kier alpha value is -0.330. The third-order valence-electron chi connectivity index (χ3n) is 3.45. The number of unbranched alkanes of at least 4 members (excludes halogenated alkanes) is 2. The summed E-state index contributed by atoms with van der Waals surface area (Å²) >= 11 is 0. The summed E-state index contributed by atoms with van der Waals surface area (Å²) in [6, 6.07) is 0.381. The smallest absolute Gasteiger partial charge is 0.385 e. The van der Waals surface area contributed by atoms with E-state index in [-0.39, 0.29) is 0 Å². The number of nitrogens with one attached hydrogen (secondary N) is 1. The van der Waals surface area contributed by atoms with Crippen molar-refractivity contribution in [2.45, 2.75) is 44.3 Å². The Morgan fingerprint density at radius 3 is 2.42 bits per heavy atom. The van der Waals surface area contributed by atoms with Gasteiger partial charge in [-0.15, -0.1) is 0 Å². The van der Waals surface area contributed by atoms with Crippen molar-refractivity contribution in [2.75, 3.05) is 39.9 Å². The fourth-order valence-corrected chi connectivity index (χ4v) is 2.40. The molecule has 0 spiro atoms. The molecule has 0 aliphatic carbocycles. The van der Waals surface area contributed by atoms with Crippen LogP contribution >= 0.6 is 0 Å². The summed E-state index contributed by atoms with van der Waals surface area (Å²) in [5, 5.41) is 3.43. The van der Waals surface area contributed by atoms with Crippen molar-refractivity contribution >= 4 is 0 Å². The molecule has 1 N–H and O–H groups in total. The Morgan fingerprint density at radius 2 is 1.84 bits per heavy atom. The first-order valence-corrected chi connectivity index (χ1v) is 7.02. The van der Waals surface area contributed by atoms with Gasteiger partial charge in [-0.3, -0.25) is 4.90 Å². The molecule has 6 heteroatoms. The zero-order valence-electron chi connectivity index (χ0n) is 11.6. The molecule has 0 aromatic heterocycles. The lowest BCUT2D eigenvalue weighted by Crippen LogP contribution is -2.45. The highest BCUT2D eigenvalue weighted by Gasteiger charge is 2.32. The summed E-state index contributed by atoms with van der Waals surface area (Å²) in [6.45, 7) is 2.07. The van der Waals surface area contributed by atoms with Gasteiger partial charge in [-0.25, -0.2) is 0 Å². The van der Waals surface area contributed by atoms with Crippen molar-refractivity contribution in [3.05, 3.63) is 0 Å². The first-order valence-electron chi connectivity index (χ1n) is 7.02. The van der Waals surface area contributed by atoms with Gasteiger partial charge in [0.25, 0.3) is 0 Å². The molecule has 0 aromatic carbocycles. The molecule has 1 fully saturated rings. The zero-order chi connectivity index (χ0) is 14.1. The average Bonchev–Trinajstić information content (AvgIpc) is 2.34. The number of likely N-dealkylation sites (tertiary alicyclic amines) is 1. The summed E-state index contributed by atoms with van der Waals surface area (Å²) in [5.41, 5.74) is 0. The van der Waals surface area contributed by atoms with Crippen LogP contribution in [0, 0.1) is 0 Å². The summed E-state index contributed by atoms with van der Waals surface area (Å²) < 4.78 is 41.6. The summed E-state index contributed by atoms with van der Waals surface area (Å²) in [5.74, 6) is 0. The summed E-state index contributed by atoms with van der Waals surface area (Å²) in [6.07, 6.45) is 0.867. The first kappa shape index (κ1) is 16.7. The quantitative estimate of drug-likeness (QED) is 0.692. The molecule has 0 bridgehead atoms. The van der Waals surface area contributed by atoms with E-state index in [1.54, 1.807) is 7.11 Å². The van der Waals surface area contributed by atoms with Crippen molar-refractivity contribution in [1.29, 1.82) is 0 Å². The van der Waals surface area contributed by atoms with Crippen molar-refractivity contribution in [3.63, 3.8) is 0 Å². The van der Waals surface area contributed by atoms with Gasteiger partial charge in [0.2, 0.25) is 0 Å². The number of hydrogen-bond donors (Lipinski definition) is 1. The normalized spacial score (nSPS) is 18.9. The van der Waals surface area contributed by atoms with E-state index in [1.807, 2.05) is 0 Å². The predicted octanol–water partition coefficient (Wildman–Crippen LogP) is 2.42. The molecule has 0 unspecified atom stereocenters. The average molecular weight is 282 g/mol. The fourth-order valence-electron chi connectivity index (χ4n) is 2.40. The maximum atomic E-state index is 12.2. The number of rotatable bonds is 8. The van der Waals surface area contributed by atoms with Crippen LogP contribution in [0.2, 0.25) is 0 Å². The van der Waals surface area contributed by atoms with Crippen LogP contribution in [0.1, 0.15) is 32.1 Å². The van der Waals surface area contributed by atoms with Gasteiger partial charge in [-0.05, 0) is 51.7 Å². The van der Waals surface area contributed by atoms with Gasteiger partial charge in [0.05, 0.1) is 6.54 Å². The second-order valence-corrected chi connectivity index (χ2v) is 5.17. The van der Waals surface area contributed by atoms with E-state index in [0.29, 0.717) is 19.1 Å². The Balaban J connectivity index is 2.01. The third-order valence-corrected chi connectivity index (χ3v) is 3.45. The molecule has 0 radical (unpaired) electrons. The monoisotopic (exact) mass is 282 g/mol. The van der Waals surface area contributed by atoms with Gasteiger partial charge in [0.1, 0.15) is 0 Å². The van der Waals surface area contributed by atoms with E-state index in [1.165, 1.54) is 4.90 Å². The van der Waals surface area contributed by atoms with Crippen LogP contribution < -0.4 is 5.32 Å². The number of methoxy groups -OCH3 is 1. The lowest BCUT2D eigenvalue weighted by atomic mass is 10.0. The number of hydrogen-bond acceptors (Lipinski definition) is 3. The van der Waals surface area contributed by atoms with E-state index in [4.69, 9.17) is 4.74 Å². The van der Waals surface area contributed by atoms with Crippen LogP contribution in [-0.4, -0.2) is 57.0 Å². The molecule has 1 aliphatic rings. The molecule has 114 valence electrons. The number of halogens is 3. The summed E-state index contributed by atoms with van der Waals surface area (Å²) in [4.78, 5) is 1.50. The fraction of sp³-hybridized carbons (Fsp3) is 1.00. The highest BCUT2D eigenvalue weighted by molar-refractivity contribution is 4.78. The molecule has 0 amide bonds. The van der Waals surface area contributed by atoms with Crippen LogP contribution in [-0.2, 0) is 4.74 Å². The molecule has 1 saturated heterocycles. The van der Waals surface area contributed by atoms with E-state index in [2.05, 4.69) is 5.32 Å². The van der Waals surface area contributed by atoms with Crippen LogP contribution in [0.4, 0.5) is 13.2 Å². The SMILES string of the molecule is COCCCCCNC1CCN(CC(F)(F)F)CC1. The van der Waals surface area contributed by atoms with E-state index >= 15 is 0 Å². The maximum absolute atomic E-state index is 12.2. The second kappa shape index (κ2) is 8.76. The molecule has 0 atom stereocenters. The first-order chi connectivity index (χ1) is 9.01. The molecular formula is C13H25F3N2O. The third kappa shape index (κ3) is 8.44. The van der Waals surface area contributed by atoms with Crippen LogP contribution in [0.15, 0.2) is 0 Å². The van der Waals surface area contributed by atoms with Crippen molar-refractivity contribution in [1.82, 2.24) is 10.2 Å². The van der Waals surface area contributed by atoms with E-state index < -0.39 is 12.7 Å². The zero-order valence-corrected chi connectivity index (χ0v) is 11.6. The minimum atomic E-state index is -4.07. The molecule has 1 rings (SSSR count). The second-order valence-electron chi connectivity index (χ2n) is 5.17. The van der Waals surface area contributed by atoms with Crippen LogP contribution in [0.5, 0.6) is 0 Å². The maximum Gasteiger partial charge on any atom is 0.401 e. The van der Waals surface area contributed by atoms with Crippen LogP contribution in [0.3, 0.4) is 0 Å². The Morgan fingerprint density at radius 1 is 1.16 bits per heavy atom. The van der Waals surface area contributed by atoms with Gasteiger partial charge < -0.3 is 10.1 Å². The number of nitrogens with zero attached hydrogens (tertiary/aromatic N) is 1. The molecule has 19 heavy (non-hydrogen) atoms. The highest BCUT2D eigenvalue weighted by Crippen LogP contribution is 2.19. The molecule has 1 heterocycles. The topological polar surface area (TPSA) is 24.5 Å². The van der Waals surface area contributed by atoms with Crippen molar-refractivity contribution < 1.29 is 17.9 Å². The molecule has 0 saturated carbocycles. The van der Waals surface area contributed by atoms with Crippen LogP contribution in [0.25, 0.3) is 0 Å². The minimum absolute atomic E-state index is 0.381. The van der Waals surface area contributed by atoms with Gasteiger partial charge in [0.15, 0.2) is 0 Å². The Labute approximate surface area is 113 Å². The number of alkyl halides is 3. The van der Waals surface area contributed by atoms with Crippen molar-refractivity contribution in [2.24, 2.45) is 0 Å². The van der Waals surface area contributed by atoms with Gasteiger partial charge >= 0.3 is 6.18 Å². The lowest BCUT2D eigenvalue weighted by molar-refractivity contribution is -0.148. The largest absolute Gasteiger partial charge is 0.401 e. The van der Waals surface area contributed by atoms with Gasteiger partial charge in [-0.2, -0.15) is 13.2 Å². The lowest BCUT2D eigenvalue weighted by Gasteiger charge is -2.32. The molecular weight excluding hydrogens is 257 g/mol. The van der Waals surface area contributed by atoms with Crippen molar-refractivity contribution in [3.8, 4) is 0 Å². The number of ether oxygens (including phenoxy) is 1. The molecule has 1 aliphatic heterocycles. The minimum Gasteiger partial charge on any atom is -0.385 e. The van der Waals surface area contributed by atoms with Gasteiger partial charge in [-0.1, -0.05) is 0 Å². The standard InChI is InChI=1S/C13H25F3N2O/c1-19-10-4-2-3-7-17-12-5-8-18(9-6-12)11-13(14,15)16/h12,17H,2-11H2,1H3. The highest BCUT2D eigenvalue weighted by atomic mass is 19.4. The Bertz CT molecular complexity index is 228. The number of piperidine rings is 1. The summed E-state index contributed by atoms with van der Waals surface area (Å²) in [7, 11) is 1.70. The predicted molar refractivity (Wildman–Crippen MR) is 69.2 cm³/mol. The molecule has 0 aromatic rings. The Kier molecular flexibility index (Phi) is 7.71. The van der Waals surface area contributed by atoms with Gasteiger partial charge in [0, 0.05) is 19.8 Å².